The molecule has 0 bridgehead atoms. The molecule has 2 rings (SSSR count). The molecule has 2 aromatic rings. The molecule has 21 heavy (non-hydrogen) atoms. The van der Waals surface area contributed by atoms with Gasteiger partial charge in [0.25, 0.3) is 6.04 Å². The predicted molar refractivity (Wildman–Crippen MR) is 88.5 cm³/mol. The summed E-state index contributed by atoms with van der Waals surface area (Å²) in [5.74, 6) is -1.08. The maximum Gasteiger partial charge on any atom is 0.371 e. The number of quaternary nitrogens is 1. The summed E-state index contributed by atoms with van der Waals surface area (Å²) in [5, 5.41) is 9.65. The van der Waals surface area contributed by atoms with E-state index in [9.17, 15) is 9.90 Å². The van der Waals surface area contributed by atoms with Gasteiger partial charge in [-0.15, -0.1) is 11.8 Å². The van der Waals surface area contributed by atoms with Crippen molar-refractivity contribution in [1.82, 2.24) is 3.52 Å². The molecule has 0 saturated heterocycles. The van der Waals surface area contributed by atoms with Crippen LogP contribution < -0.4 is 3.52 Å². The van der Waals surface area contributed by atoms with Crippen molar-refractivity contribution in [3.63, 3.8) is 0 Å². The third-order valence-electron chi connectivity index (χ3n) is 3.09. The molecule has 0 aliphatic heterocycles. The standard InChI is InChI=1S/C15H13Cl2NO2S/c1-21-13-10-6-5-9-12(13)14(15(19)20)18(16,17)11-7-3-2-4-8-11/h2-10,14H,1H3/p+1. The summed E-state index contributed by atoms with van der Waals surface area (Å²) in [7, 11) is 0. The van der Waals surface area contributed by atoms with Crippen LogP contribution in [0.3, 0.4) is 0 Å². The molecule has 0 spiro atoms. The molecular formula is C15H14Cl2NO2S+. The van der Waals surface area contributed by atoms with E-state index in [0.717, 1.165) is 4.90 Å². The van der Waals surface area contributed by atoms with Gasteiger partial charge < -0.3 is 5.11 Å². The molecule has 0 saturated carbocycles. The SMILES string of the molecule is CSc1ccccc1C(C(=O)O)[N+](Cl)(Cl)c1ccccc1. The van der Waals surface area contributed by atoms with Crippen molar-refractivity contribution in [1.29, 1.82) is 0 Å². The number of nitrogens with zero attached hydrogens (tertiary/aromatic N) is 1. The fraction of sp³-hybridized carbons (Fsp3) is 0.133. The Morgan fingerprint density at radius 1 is 1.10 bits per heavy atom. The quantitative estimate of drug-likeness (QED) is 0.623. The van der Waals surface area contributed by atoms with Crippen LogP contribution in [-0.2, 0) is 4.79 Å². The first-order valence-corrected chi connectivity index (χ1v) is 8.08. The topological polar surface area (TPSA) is 37.3 Å². The molecule has 1 atom stereocenters. The maximum atomic E-state index is 11.8. The van der Waals surface area contributed by atoms with Gasteiger partial charge in [-0.05, 0) is 12.3 Å². The van der Waals surface area contributed by atoms with E-state index in [1.54, 1.807) is 36.4 Å². The minimum Gasteiger partial charge on any atom is -0.476 e. The fourth-order valence-electron chi connectivity index (χ4n) is 2.11. The number of carbonyl (C=O) groups is 1. The Morgan fingerprint density at radius 2 is 1.67 bits per heavy atom. The summed E-state index contributed by atoms with van der Waals surface area (Å²) < 4.78 is -0.784. The number of carboxylic acids is 1. The normalized spacial score (nSPS) is 12.9. The van der Waals surface area contributed by atoms with E-state index in [1.165, 1.54) is 11.8 Å². The molecule has 0 aromatic heterocycles. The van der Waals surface area contributed by atoms with Gasteiger partial charge in [-0.25, -0.2) is 4.79 Å². The first kappa shape index (κ1) is 16.2. The minimum absolute atomic E-state index is 0.504. The van der Waals surface area contributed by atoms with Gasteiger partial charge in [0.15, 0.2) is 29.2 Å². The summed E-state index contributed by atoms with van der Waals surface area (Å²) in [5.41, 5.74) is 1.09. The van der Waals surface area contributed by atoms with Crippen molar-refractivity contribution < 1.29 is 9.90 Å². The van der Waals surface area contributed by atoms with Crippen LogP contribution in [0, 0.1) is 0 Å². The second-order valence-electron chi connectivity index (χ2n) is 4.38. The summed E-state index contributed by atoms with van der Waals surface area (Å²) in [6.07, 6.45) is 1.89. The highest BCUT2D eigenvalue weighted by Crippen LogP contribution is 2.43. The Hall–Kier alpha value is -1.20. The van der Waals surface area contributed by atoms with Crippen LogP contribution in [0.15, 0.2) is 59.5 Å². The molecule has 0 fully saturated rings. The number of hydrogen-bond donors (Lipinski definition) is 1. The Morgan fingerprint density at radius 3 is 2.24 bits per heavy atom. The third-order valence-corrected chi connectivity index (χ3v) is 4.68. The average Bonchev–Trinajstić information content (AvgIpc) is 2.48. The van der Waals surface area contributed by atoms with Gasteiger partial charge in [-0.1, -0.05) is 39.9 Å². The van der Waals surface area contributed by atoms with E-state index in [2.05, 4.69) is 0 Å². The van der Waals surface area contributed by atoms with Crippen LogP contribution >= 0.6 is 35.3 Å². The highest BCUT2D eigenvalue weighted by atomic mass is 35.5. The summed E-state index contributed by atoms with van der Waals surface area (Å²) in [4.78, 5) is 12.6. The van der Waals surface area contributed by atoms with Crippen molar-refractivity contribution in [2.45, 2.75) is 10.9 Å². The molecule has 0 aliphatic rings. The maximum absolute atomic E-state index is 11.8. The molecule has 6 heteroatoms. The predicted octanol–water partition coefficient (Wildman–Crippen LogP) is 4.85. The fourth-order valence-corrected chi connectivity index (χ4v) is 3.35. The number of rotatable bonds is 5. The second-order valence-corrected chi connectivity index (χ2v) is 6.46. The van der Waals surface area contributed by atoms with Gasteiger partial charge in [-0.3, -0.25) is 0 Å². The zero-order valence-corrected chi connectivity index (χ0v) is 13.6. The number of para-hydroxylation sites is 1. The summed E-state index contributed by atoms with van der Waals surface area (Å²) in [6.45, 7) is 0. The number of aliphatic carboxylic acids is 1. The number of hydrogen-bond acceptors (Lipinski definition) is 2. The Balaban J connectivity index is 2.56. The van der Waals surface area contributed by atoms with Gasteiger partial charge in [0, 0.05) is 22.6 Å². The van der Waals surface area contributed by atoms with Gasteiger partial charge in [0.1, 0.15) is 0 Å². The lowest BCUT2D eigenvalue weighted by Crippen LogP contribution is -2.38. The largest absolute Gasteiger partial charge is 0.476 e. The first-order chi connectivity index (χ1) is 9.98. The Kier molecular flexibility index (Phi) is 5.17. The number of carboxylic acid groups (broad SMARTS) is 1. The highest BCUT2D eigenvalue weighted by molar-refractivity contribution is 7.98. The van der Waals surface area contributed by atoms with Crippen LogP contribution in [0.2, 0.25) is 0 Å². The third kappa shape index (κ3) is 3.35. The average molecular weight is 343 g/mol. The highest BCUT2D eigenvalue weighted by Gasteiger charge is 2.46. The molecule has 2 aromatic carbocycles. The van der Waals surface area contributed by atoms with Crippen molar-refractivity contribution in [3.05, 3.63) is 60.2 Å². The molecule has 0 aliphatic carbocycles. The van der Waals surface area contributed by atoms with E-state index in [4.69, 9.17) is 23.6 Å². The summed E-state index contributed by atoms with van der Waals surface area (Å²) in [6, 6.07) is 14.9. The molecule has 0 radical (unpaired) electrons. The van der Waals surface area contributed by atoms with E-state index >= 15 is 0 Å². The van der Waals surface area contributed by atoms with Gasteiger partial charge in [0.05, 0.1) is 0 Å². The molecule has 1 N–H and O–H groups in total. The lowest BCUT2D eigenvalue weighted by molar-refractivity contribution is -0.140. The van der Waals surface area contributed by atoms with Gasteiger partial charge in [0.2, 0.25) is 0 Å². The van der Waals surface area contributed by atoms with Crippen LogP contribution in [0.4, 0.5) is 5.69 Å². The lowest BCUT2D eigenvalue weighted by Gasteiger charge is -2.26. The number of benzene rings is 2. The Bertz CT molecular complexity index is 635. The first-order valence-electron chi connectivity index (χ1n) is 6.18. The van der Waals surface area contributed by atoms with E-state index < -0.39 is 15.5 Å². The molecule has 0 amide bonds. The smallest absolute Gasteiger partial charge is 0.371 e. The monoisotopic (exact) mass is 342 g/mol. The minimum atomic E-state index is -1.11. The van der Waals surface area contributed by atoms with Crippen LogP contribution in [0.5, 0.6) is 0 Å². The zero-order valence-electron chi connectivity index (χ0n) is 11.2. The van der Waals surface area contributed by atoms with E-state index in [-0.39, 0.29) is 0 Å². The van der Waals surface area contributed by atoms with Crippen LogP contribution in [0.1, 0.15) is 11.6 Å². The number of thioether (sulfide) groups is 1. The van der Waals surface area contributed by atoms with Crippen molar-refractivity contribution in [2.75, 3.05) is 6.26 Å². The molecule has 3 nitrogen and oxygen atoms in total. The zero-order chi connectivity index (χ0) is 15.5. The Labute approximate surface area is 137 Å². The van der Waals surface area contributed by atoms with Crippen molar-refractivity contribution in [2.24, 2.45) is 0 Å². The van der Waals surface area contributed by atoms with Crippen LogP contribution in [-0.4, -0.2) is 17.3 Å². The van der Waals surface area contributed by atoms with Crippen LogP contribution in [0.25, 0.3) is 0 Å². The molecular weight excluding hydrogens is 329 g/mol. The summed E-state index contributed by atoms with van der Waals surface area (Å²) >= 11 is 14.3. The molecule has 1 unspecified atom stereocenters. The lowest BCUT2D eigenvalue weighted by atomic mass is 10.1. The van der Waals surface area contributed by atoms with Crippen molar-refractivity contribution in [3.8, 4) is 0 Å². The number of halogens is 2. The molecule has 0 heterocycles. The van der Waals surface area contributed by atoms with Gasteiger partial charge in [-0.2, -0.15) is 0 Å². The second kappa shape index (κ2) is 6.71. The van der Waals surface area contributed by atoms with Gasteiger partial charge >= 0.3 is 5.97 Å². The van der Waals surface area contributed by atoms with E-state index in [0.29, 0.717) is 11.3 Å². The van der Waals surface area contributed by atoms with E-state index in [1.807, 2.05) is 24.5 Å². The molecule has 110 valence electrons. The van der Waals surface area contributed by atoms with Crippen molar-refractivity contribution >= 4 is 47.0 Å².